The Morgan fingerprint density at radius 1 is 1.32 bits per heavy atom. The fourth-order valence-corrected chi connectivity index (χ4v) is 2.65. The minimum atomic E-state index is -0.0826. The summed E-state index contributed by atoms with van der Waals surface area (Å²) in [4.78, 5) is 14.3. The van der Waals surface area contributed by atoms with E-state index in [2.05, 4.69) is 17.3 Å². The van der Waals surface area contributed by atoms with Crippen molar-refractivity contribution in [3.8, 4) is 0 Å². The maximum atomic E-state index is 12.5. The van der Waals surface area contributed by atoms with Crippen molar-refractivity contribution in [3.05, 3.63) is 53.4 Å². The molecular formula is C17H20N2O3. The van der Waals surface area contributed by atoms with Gasteiger partial charge in [-0.2, -0.15) is 0 Å². The molecule has 0 N–H and O–H groups in total. The summed E-state index contributed by atoms with van der Waals surface area (Å²) in [6.45, 7) is 3.74. The van der Waals surface area contributed by atoms with E-state index in [1.54, 1.807) is 11.0 Å². The smallest absolute Gasteiger partial charge is 0.276 e. The van der Waals surface area contributed by atoms with Crippen LogP contribution < -0.4 is 0 Å². The monoisotopic (exact) mass is 300 g/mol. The molecule has 1 saturated heterocycles. The summed E-state index contributed by atoms with van der Waals surface area (Å²) in [5, 5.41) is 3.86. The van der Waals surface area contributed by atoms with E-state index in [1.165, 1.54) is 0 Å². The number of carbonyl (C=O) groups excluding carboxylic acids is 1. The lowest BCUT2D eigenvalue weighted by molar-refractivity contribution is 0.0582. The highest BCUT2D eigenvalue weighted by molar-refractivity contribution is 5.92. The topological polar surface area (TPSA) is 55.6 Å². The van der Waals surface area contributed by atoms with Gasteiger partial charge in [0, 0.05) is 25.6 Å². The predicted octanol–water partition coefficient (Wildman–Crippen LogP) is 2.84. The number of aromatic nitrogens is 1. The van der Waals surface area contributed by atoms with Crippen LogP contribution in [0.4, 0.5) is 0 Å². The van der Waals surface area contributed by atoms with Crippen molar-refractivity contribution >= 4 is 5.91 Å². The van der Waals surface area contributed by atoms with Crippen LogP contribution in [0.2, 0.25) is 0 Å². The van der Waals surface area contributed by atoms with Crippen LogP contribution in [-0.4, -0.2) is 35.7 Å². The second-order valence-corrected chi connectivity index (χ2v) is 5.38. The van der Waals surface area contributed by atoms with Gasteiger partial charge in [-0.1, -0.05) is 42.4 Å². The Morgan fingerprint density at radius 2 is 2.14 bits per heavy atom. The van der Waals surface area contributed by atoms with E-state index in [0.717, 1.165) is 24.2 Å². The summed E-state index contributed by atoms with van der Waals surface area (Å²) >= 11 is 0. The standard InChI is InChI=1S/C17H20N2O3/c1-2-14-12-15(18-22-14)17(20)19-9-8-16(21-11-10-19)13-6-4-3-5-7-13/h3-7,12,16H,2,8-11H2,1H3. The Morgan fingerprint density at radius 3 is 2.86 bits per heavy atom. The largest absolute Gasteiger partial charge is 0.372 e. The van der Waals surface area contributed by atoms with Gasteiger partial charge < -0.3 is 14.2 Å². The molecule has 1 aromatic heterocycles. The zero-order valence-electron chi connectivity index (χ0n) is 12.7. The van der Waals surface area contributed by atoms with Crippen molar-refractivity contribution in [2.45, 2.75) is 25.9 Å². The highest BCUT2D eigenvalue weighted by Crippen LogP contribution is 2.24. The lowest BCUT2D eigenvalue weighted by Gasteiger charge is -2.18. The molecule has 1 unspecified atom stereocenters. The highest BCUT2D eigenvalue weighted by Gasteiger charge is 2.24. The molecule has 0 radical (unpaired) electrons. The second-order valence-electron chi connectivity index (χ2n) is 5.38. The van der Waals surface area contributed by atoms with E-state index in [0.29, 0.717) is 25.4 Å². The lowest BCUT2D eigenvalue weighted by atomic mass is 10.1. The number of ether oxygens (including phenoxy) is 1. The van der Waals surface area contributed by atoms with Gasteiger partial charge in [0.15, 0.2) is 5.69 Å². The van der Waals surface area contributed by atoms with Crippen molar-refractivity contribution in [3.63, 3.8) is 0 Å². The molecule has 116 valence electrons. The van der Waals surface area contributed by atoms with Gasteiger partial charge in [0.05, 0.1) is 12.7 Å². The molecule has 0 spiro atoms. The summed E-state index contributed by atoms with van der Waals surface area (Å²) in [7, 11) is 0. The number of nitrogens with zero attached hydrogens (tertiary/aromatic N) is 2. The van der Waals surface area contributed by atoms with Crippen molar-refractivity contribution in [1.29, 1.82) is 0 Å². The van der Waals surface area contributed by atoms with Gasteiger partial charge in [0.25, 0.3) is 5.91 Å². The molecule has 0 bridgehead atoms. The molecule has 1 aliphatic heterocycles. The van der Waals surface area contributed by atoms with Crippen LogP contribution >= 0.6 is 0 Å². The number of hydrogen-bond acceptors (Lipinski definition) is 4. The van der Waals surface area contributed by atoms with Gasteiger partial charge in [-0.3, -0.25) is 4.79 Å². The molecule has 1 aliphatic rings. The number of carbonyl (C=O) groups is 1. The van der Waals surface area contributed by atoms with Gasteiger partial charge in [0.1, 0.15) is 5.76 Å². The molecule has 0 saturated carbocycles. The summed E-state index contributed by atoms with van der Waals surface area (Å²) < 4.78 is 11.0. The predicted molar refractivity (Wildman–Crippen MR) is 81.5 cm³/mol. The number of benzene rings is 1. The van der Waals surface area contributed by atoms with E-state index < -0.39 is 0 Å². The van der Waals surface area contributed by atoms with Crippen LogP contribution in [-0.2, 0) is 11.2 Å². The molecule has 5 heteroatoms. The summed E-state index contributed by atoms with van der Waals surface area (Å²) in [6.07, 6.45) is 1.57. The highest BCUT2D eigenvalue weighted by atomic mass is 16.5. The van der Waals surface area contributed by atoms with Gasteiger partial charge in [-0.05, 0) is 12.0 Å². The molecule has 1 fully saturated rings. The average molecular weight is 300 g/mol. The Labute approximate surface area is 129 Å². The first kappa shape index (κ1) is 14.8. The maximum Gasteiger partial charge on any atom is 0.276 e. The van der Waals surface area contributed by atoms with Gasteiger partial charge >= 0.3 is 0 Å². The third kappa shape index (κ3) is 3.20. The summed E-state index contributed by atoms with van der Waals surface area (Å²) in [5.41, 5.74) is 1.54. The molecule has 2 aromatic rings. The molecule has 5 nitrogen and oxygen atoms in total. The van der Waals surface area contributed by atoms with Crippen LogP contribution in [0, 0.1) is 0 Å². The number of rotatable bonds is 3. The zero-order chi connectivity index (χ0) is 15.4. The third-order valence-corrected chi connectivity index (χ3v) is 3.93. The van der Waals surface area contributed by atoms with E-state index >= 15 is 0 Å². The van der Waals surface area contributed by atoms with Gasteiger partial charge in [-0.15, -0.1) is 0 Å². The first-order valence-electron chi connectivity index (χ1n) is 7.69. The van der Waals surface area contributed by atoms with Crippen LogP contribution in [0.15, 0.2) is 40.9 Å². The van der Waals surface area contributed by atoms with E-state index in [-0.39, 0.29) is 12.0 Å². The average Bonchev–Trinajstić information content (AvgIpc) is 2.92. The first-order valence-corrected chi connectivity index (χ1v) is 7.69. The number of aryl methyl sites for hydroxylation is 1. The molecule has 0 aliphatic carbocycles. The fourth-order valence-electron chi connectivity index (χ4n) is 2.65. The van der Waals surface area contributed by atoms with E-state index in [4.69, 9.17) is 9.26 Å². The third-order valence-electron chi connectivity index (χ3n) is 3.93. The van der Waals surface area contributed by atoms with Gasteiger partial charge in [0.2, 0.25) is 0 Å². The summed E-state index contributed by atoms with van der Waals surface area (Å²) in [5.74, 6) is 0.650. The minimum absolute atomic E-state index is 0.0440. The molecule has 1 atom stereocenters. The molecule has 1 amide bonds. The molecule has 1 aromatic carbocycles. The minimum Gasteiger partial charge on any atom is -0.372 e. The van der Waals surface area contributed by atoms with Crippen molar-refractivity contribution in [1.82, 2.24) is 10.1 Å². The van der Waals surface area contributed by atoms with Crippen LogP contribution in [0.5, 0.6) is 0 Å². The quantitative estimate of drug-likeness (QED) is 0.874. The SMILES string of the molecule is CCc1cc(C(=O)N2CCOC(c3ccccc3)CC2)no1. The van der Waals surface area contributed by atoms with Crippen LogP contribution in [0.3, 0.4) is 0 Å². The Kier molecular flexibility index (Phi) is 4.53. The number of amides is 1. The van der Waals surface area contributed by atoms with Crippen LogP contribution in [0.1, 0.15) is 41.3 Å². The Balaban J connectivity index is 1.66. The first-order chi connectivity index (χ1) is 10.8. The second kappa shape index (κ2) is 6.75. The summed E-state index contributed by atoms with van der Waals surface area (Å²) in [6, 6.07) is 11.9. The fraction of sp³-hybridized carbons (Fsp3) is 0.412. The van der Waals surface area contributed by atoms with E-state index in [1.807, 2.05) is 25.1 Å². The van der Waals surface area contributed by atoms with Gasteiger partial charge in [-0.25, -0.2) is 0 Å². The normalized spacial score (nSPS) is 19.0. The van der Waals surface area contributed by atoms with Crippen molar-refractivity contribution in [2.75, 3.05) is 19.7 Å². The van der Waals surface area contributed by atoms with Crippen LogP contribution in [0.25, 0.3) is 0 Å². The van der Waals surface area contributed by atoms with Crippen molar-refractivity contribution in [2.24, 2.45) is 0 Å². The van der Waals surface area contributed by atoms with Crippen molar-refractivity contribution < 1.29 is 14.1 Å². The Hall–Kier alpha value is -2.14. The molecular weight excluding hydrogens is 280 g/mol. The molecule has 3 rings (SSSR count). The Bertz CT molecular complexity index is 624. The molecule has 2 heterocycles. The van der Waals surface area contributed by atoms with E-state index in [9.17, 15) is 4.79 Å². The number of hydrogen-bond donors (Lipinski definition) is 0. The zero-order valence-corrected chi connectivity index (χ0v) is 12.7. The lowest BCUT2D eigenvalue weighted by Crippen LogP contribution is -2.33. The maximum absolute atomic E-state index is 12.5. The molecule has 22 heavy (non-hydrogen) atoms.